The van der Waals surface area contributed by atoms with Crippen LogP contribution in [0.3, 0.4) is 0 Å². The molecule has 3 heterocycles. The Kier molecular flexibility index (Phi) is 6.35. The van der Waals surface area contributed by atoms with E-state index in [2.05, 4.69) is 22.2 Å². The second-order valence-corrected chi connectivity index (χ2v) is 7.30. The SMILES string of the molecule is CC1CNC(=O)c2cc(-c3ccnc(-c4cccc(Cl)c4)c3)[nH]c21.O=C(O)C(F)(F)F. The number of carboxylic acid groups (broad SMARTS) is 1. The zero-order chi connectivity index (χ0) is 22.8. The number of hydrogen-bond acceptors (Lipinski definition) is 3. The largest absolute Gasteiger partial charge is 0.490 e. The number of halogens is 4. The number of carbonyl (C=O) groups is 2. The van der Waals surface area contributed by atoms with E-state index in [1.807, 2.05) is 42.5 Å². The molecule has 1 aromatic carbocycles. The lowest BCUT2D eigenvalue weighted by molar-refractivity contribution is -0.192. The van der Waals surface area contributed by atoms with Crippen molar-refractivity contribution in [2.75, 3.05) is 6.54 Å². The Labute approximate surface area is 180 Å². The third-order valence-corrected chi connectivity index (χ3v) is 4.82. The lowest BCUT2D eigenvalue weighted by atomic mass is 9.99. The molecular weight excluding hydrogens is 435 g/mol. The number of H-pyrrole nitrogens is 1. The van der Waals surface area contributed by atoms with Crippen LogP contribution < -0.4 is 5.32 Å². The van der Waals surface area contributed by atoms with Crippen LogP contribution in [0.1, 0.15) is 28.9 Å². The average molecular weight is 452 g/mol. The molecule has 1 unspecified atom stereocenters. The first kappa shape index (κ1) is 22.4. The van der Waals surface area contributed by atoms with Gasteiger partial charge in [-0.25, -0.2) is 4.79 Å². The predicted molar refractivity (Wildman–Crippen MR) is 109 cm³/mol. The van der Waals surface area contributed by atoms with Gasteiger partial charge in [0.1, 0.15) is 0 Å². The van der Waals surface area contributed by atoms with E-state index in [4.69, 9.17) is 21.5 Å². The summed E-state index contributed by atoms with van der Waals surface area (Å²) < 4.78 is 31.7. The summed E-state index contributed by atoms with van der Waals surface area (Å²) in [5.41, 5.74) is 5.45. The third kappa shape index (κ3) is 5.24. The van der Waals surface area contributed by atoms with Gasteiger partial charge in [-0.15, -0.1) is 0 Å². The van der Waals surface area contributed by atoms with Crippen LogP contribution in [0.25, 0.3) is 22.5 Å². The molecule has 1 aliphatic heterocycles. The van der Waals surface area contributed by atoms with Gasteiger partial charge in [-0.05, 0) is 30.3 Å². The summed E-state index contributed by atoms with van der Waals surface area (Å²) in [6.07, 6.45) is -3.31. The maximum Gasteiger partial charge on any atom is 0.490 e. The molecule has 162 valence electrons. The number of benzene rings is 1. The van der Waals surface area contributed by atoms with E-state index in [1.165, 1.54) is 0 Å². The highest BCUT2D eigenvalue weighted by Crippen LogP contribution is 2.30. The molecule has 0 saturated heterocycles. The molecule has 0 aliphatic carbocycles. The lowest BCUT2D eigenvalue weighted by Gasteiger charge is -2.18. The molecule has 1 aliphatic rings. The summed E-state index contributed by atoms with van der Waals surface area (Å²) in [6.45, 7) is 2.76. The summed E-state index contributed by atoms with van der Waals surface area (Å²) in [6, 6.07) is 13.5. The van der Waals surface area contributed by atoms with Gasteiger partial charge in [0.15, 0.2) is 0 Å². The summed E-state index contributed by atoms with van der Waals surface area (Å²) in [4.78, 5) is 28.8. The minimum Gasteiger partial charge on any atom is -0.475 e. The van der Waals surface area contributed by atoms with E-state index in [0.717, 1.165) is 33.8 Å². The number of hydrogen-bond donors (Lipinski definition) is 3. The van der Waals surface area contributed by atoms with Gasteiger partial charge in [-0.3, -0.25) is 9.78 Å². The maximum atomic E-state index is 12.0. The van der Waals surface area contributed by atoms with Gasteiger partial charge >= 0.3 is 12.1 Å². The van der Waals surface area contributed by atoms with Crippen molar-refractivity contribution in [2.24, 2.45) is 0 Å². The topological polar surface area (TPSA) is 95.1 Å². The minimum atomic E-state index is -5.08. The first-order valence-corrected chi connectivity index (χ1v) is 9.47. The molecule has 0 spiro atoms. The highest BCUT2D eigenvalue weighted by Gasteiger charge is 2.38. The van der Waals surface area contributed by atoms with E-state index in [0.29, 0.717) is 11.6 Å². The number of carboxylic acids is 1. The molecule has 0 saturated carbocycles. The van der Waals surface area contributed by atoms with Crippen LogP contribution in [-0.2, 0) is 4.79 Å². The van der Waals surface area contributed by atoms with Gasteiger partial charge in [0, 0.05) is 46.2 Å². The van der Waals surface area contributed by atoms with Crippen LogP contribution in [0.4, 0.5) is 13.2 Å². The van der Waals surface area contributed by atoms with E-state index in [-0.39, 0.29) is 11.8 Å². The second-order valence-electron chi connectivity index (χ2n) is 6.86. The van der Waals surface area contributed by atoms with Crippen molar-refractivity contribution >= 4 is 23.5 Å². The Morgan fingerprint density at radius 1 is 1.19 bits per heavy atom. The Morgan fingerprint density at radius 3 is 2.52 bits per heavy atom. The van der Waals surface area contributed by atoms with Crippen molar-refractivity contribution in [1.82, 2.24) is 15.3 Å². The monoisotopic (exact) mass is 451 g/mol. The quantitative estimate of drug-likeness (QED) is 0.517. The van der Waals surface area contributed by atoms with Gasteiger partial charge < -0.3 is 15.4 Å². The van der Waals surface area contributed by atoms with Crippen molar-refractivity contribution in [2.45, 2.75) is 19.0 Å². The number of aromatic amines is 1. The number of aliphatic carboxylic acids is 1. The maximum absolute atomic E-state index is 12.0. The van der Waals surface area contributed by atoms with Crippen molar-refractivity contribution in [1.29, 1.82) is 0 Å². The number of rotatable bonds is 2. The Morgan fingerprint density at radius 2 is 1.90 bits per heavy atom. The number of fused-ring (bicyclic) bond motifs is 1. The number of alkyl halides is 3. The summed E-state index contributed by atoms with van der Waals surface area (Å²) in [5, 5.41) is 10.7. The Balaban J connectivity index is 0.000000339. The smallest absolute Gasteiger partial charge is 0.475 e. The Bertz CT molecular complexity index is 1130. The number of nitrogens with one attached hydrogen (secondary N) is 2. The van der Waals surface area contributed by atoms with Crippen molar-refractivity contribution in [3.63, 3.8) is 0 Å². The number of amides is 1. The van der Waals surface area contributed by atoms with Crippen LogP contribution in [0, 0.1) is 0 Å². The number of carbonyl (C=O) groups excluding carboxylic acids is 1. The van der Waals surface area contributed by atoms with Crippen molar-refractivity contribution < 1.29 is 27.9 Å². The van der Waals surface area contributed by atoms with Crippen LogP contribution in [-0.4, -0.2) is 39.7 Å². The fourth-order valence-corrected chi connectivity index (χ4v) is 3.24. The first-order chi connectivity index (χ1) is 14.6. The molecule has 1 amide bonds. The zero-order valence-electron chi connectivity index (χ0n) is 16.1. The number of aromatic nitrogens is 2. The van der Waals surface area contributed by atoms with Crippen LogP contribution >= 0.6 is 11.6 Å². The van der Waals surface area contributed by atoms with E-state index in [9.17, 15) is 18.0 Å². The Hall–Kier alpha value is -3.33. The van der Waals surface area contributed by atoms with Crippen molar-refractivity contribution in [3.05, 3.63) is 64.9 Å². The normalized spacial score (nSPS) is 15.4. The molecule has 1 atom stereocenters. The van der Waals surface area contributed by atoms with Crippen LogP contribution in [0.2, 0.25) is 5.02 Å². The summed E-state index contributed by atoms with van der Waals surface area (Å²) in [7, 11) is 0. The van der Waals surface area contributed by atoms with E-state index >= 15 is 0 Å². The molecule has 4 rings (SSSR count). The minimum absolute atomic E-state index is 0.0188. The predicted octanol–water partition coefficient (Wildman–Crippen LogP) is 4.88. The molecule has 2 aromatic heterocycles. The molecule has 0 radical (unpaired) electrons. The van der Waals surface area contributed by atoms with Gasteiger partial charge in [0.25, 0.3) is 5.91 Å². The highest BCUT2D eigenvalue weighted by atomic mass is 35.5. The van der Waals surface area contributed by atoms with Crippen molar-refractivity contribution in [3.8, 4) is 22.5 Å². The fraction of sp³-hybridized carbons (Fsp3) is 0.190. The number of nitrogens with zero attached hydrogens (tertiary/aromatic N) is 1. The van der Waals surface area contributed by atoms with Gasteiger partial charge in [0.05, 0.1) is 11.3 Å². The second kappa shape index (κ2) is 8.81. The third-order valence-electron chi connectivity index (χ3n) is 4.59. The van der Waals surface area contributed by atoms with Gasteiger partial charge in [-0.2, -0.15) is 13.2 Å². The fourth-order valence-electron chi connectivity index (χ4n) is 3.05. The molecule has 10 heteroatoms. The lowest BCUT2D eigenvalue weighted by Crippen LogP contribution is -2.33. The van der Waals surface area contributed by atoms with Gasteiger partial charge in [0.2, 0.25) is 0 Å². The number of pyridine rings is 1. The first-order valence-electron chi connectivity index (χ1n) is 9.10. The standard InChI is InChI=1S/C19H16ClN3O.C2HF3O2/c1-11-10-22-19(24)15-9-17(23-18(11)15)13-5-6-21-16(8-13)12-3-2-4-14(20)7-12;3-2(4,5)1(6)7/h2-9,11,23H,10H2,1H3,(H,22,24);(H,6,7). The van der Waals surface area contributed by atoms with Gasteiger partial charge in [-0.1, -0.05) is 30.7 Å². The molecule has 0 fully saturated rings. The molecule has 3 N–H and O–H groups in total. The molecule has 6 nitrogen and oxygen atoms in total. The molecule has 0 bridgehead atoms. The average Bonchev–Trinajstić information content (AvgIpc) is 3.18. The molecule has 3 aromatic rings. The van der Waals surface area contributed by atoms with Crippen LogP contribution in [0.5, 0.6) is 0 Å². The highest BCUT2D eigenvalue weighted by molar-refractivity contribution is 6.30. The summed E-state index contributed by atoms with van der Waals surface area (Å²) >= 11 is 6.07. The van der Waals surface area contributed by atoms with E-state index < -0.39 is 12.1 Å². The molecule has 31 heavy (non-hydrogen) atoms. The summed E-state index contributed by atoms with van der Waals surface area (Å²) in [5.74, 6) is -2.50. The molecular formula is C21H17ClF3N3O3. The van der Waals surface area contributed by atoms with E-state index in [1.54, 1.807) is 6.20 Å². The zero-order valence-corrected chi connectivity index (χ0v) is 16.9. The van der Waals surface area contributed by atoms with Crippen LogP contribution in [0.15, 0.2) is 48.7 Å².